The second kappa shape index (κ2) is 14.7. The van der Waals surface area contributed by atoms with Crippen LogP contribution in [0.25, 0.3) is 0 Å². The second-order valence-electron chi connectivity index (χ2n) is 9.70. The summed E-state index contributed by atoms with van der Waals surface area (Å²) in [6, 6.07) is 6.92. The number of alkyl halides is 3. The maximum atomic E-state index is 14.4. The Morgan fingerprint density at radius 3 is 2.67 bits per heavy atom. The molecule has 1 aliphatic rings. The summed E-state index contributed by atoms with van der Waals surface area (Å²) in [7, 11) is 0. The lowest BCUT2D eigenvalue weighted by Crippen LogP contribution is -2.54. The van der Waals surface area contributed by atoms with Gasteiger partial charge in [-0.3, -0.25) is 9.59 Å². The van der Waals surface area contributed by atoms with Gasteiger partial charge in [0.15, 0.2) is 0 Å². The van der Waals surface area contributed by atoms with Gasteiger partial charge in [-0.25, -0.2) is 4.39 Å². The number of amides is 2. The minimum absolute atomic E-state index is 0.00296. The number of benzene rings is 2. The molecule has 0 aliphatic carbocycles. The average Bonchev–Trinajstić information content (AvgIpc) is 2.89. The van der Waals surface area contributed by atoms with Gasteiger partial charge in [0.2, 0.25) is 11.8 Å². The Bertz CT molecular complexity index is 1200. The minimum atomic E-state index is -4.48. The Morgan fingerprint density at radius 1 is 1.12 bits per heavy atom. The Morgan fingerprint density at radius 2 is 1.93 bits per heavy atom. The third-order valence-electron chi connectivity index (χ3n) is 6.41. The maximum Gasteiger partial charge on any atom is 0.416 e. The molecule has 0 saturated heterocycles. The quantitative estimate of drug-likeness (QED) is 0.319. The first-order valence-electron chi connectivity index (χ1n) is 13.1. The van der Waals surface area contributed by atoms with E-state index in [1.165, 1.54) is 24.3 Å². The molecule has 1 unspecified atom stereocenters. The first-order valence-corrected chi connectivity index (χ1v) is 13.1. The molecule has 0 fully saturated rings. The van der Waals surface area contributed by atoms with Gasteiger partial charge >= 0.3 is 6.18 Å². The van der Waals surface area contributed by atoms with Crippen molar-refractivity contribution >= 4 is 11.8 Å². The lowest BCUT2D eigenvalue weighted by Gasteiger charge is -2.27. The Kier molecular flexibility index (Phi) is 11.3. The standard InChI is InChI=1S/C29H33F4N3O4/c1-2-7-24-28(39)36-25(26(37)18-34-17-19-8-6-9-21(12-19)29(31,32)33)15-20-13-22(30)16-23(14-20)40-11-5-3-4-10-27(38)35-24/h1,6,8-9,12-14,16,24-26,34,37H,3-5,7,10-11,15,17-18H2,(H,35,38)(H,36,39)/t24?,25-,26+/m0/s1. The molecule has 11 heteroatoms. The summed E-state index contributed by atoms with van der Waals surface area (Å²) >= 11 is 0. The highest BCUT2D eigenvalue weighted by molar-refractivity contribution is 5.88. The second-order valence-corrected chi connectivity index (χ2v) is 9.70. The summed E-state index contributed by atoms with van der Waals surface area (Å²) in [6.45, 7) is 0.244. The van der Waals surface area contributed by atoms with Crippen LogP contribution in [-0.2, 0) is 28.7 Å². The third-order valence-corrected chi connectivity index (χ3v) is 6.41. The Hall–Kier alpha value is -3.62. The summed E-state index contributed by atoms with van der Waals surface area (Å²) in [5.74, 6) is 1.16. The van der Waals surface area contributed by atoms with Gasteiger partial charge in [0.25, 0.3) is 0 Å². The summed E-state index contributed by atoms with van der Waals surface area (Å²) in [5.41, 5.74) is 0.0116. The fourth-order valence-corrected chi connectivity index (χ4v) is 4.35. The number of rotatable bonds is 6. The molecule has 2 amide bonds. The van der Waals surface area contributed by atoms with E-state index in [0.29, 0.717) is 42.7 Å². The molecule has 7 nitrogen and oxygen atoms in total. The van der Waals surface area contributed by atoms with Crippen LogP contribution in [0.15, 0.2) is 42.5 Å². The number of aliphatic hydroxyl groups excluding tert-OH is 1. The SMILES string of the molecule is C#CCC1NC(=O)CCCCCOc2cc(F)cc(c2)C[C@@H]([C@H](O)CNCc2cccc(C(F)(F)F)c2)NC1=O. The molecule has 1 heterocycles. The molecular weight excluding hydrogens is 530 g/mol. The number of fused-ring (bicyclic) bond motifs is 2. The summed E-state index contributed by atoms with van der Waals surface area (Å²) < 4.78 is 59.1. The number of aliphatic hydroxyl groups is 1. The number of hydrogen-bond donors (Lipinski definition) is 4. The van der Waals surface area contributed by atoms with Crippen LogP contribution in [0.1, 0.15) is 48.8 Å². The first kappa shape index (κ1) is 30.9. The Balaban J connectivity index is 1.79. The molecule has 0 radical (unpaired) electrons. The molecule has 40 heavy (non-hydrogen) atoms. The van der Waals surface area contributed by atoms with Crippen molar-refractivity contribution in [1.29, 1.82) is 0 Å². The van der Waals surface area contributed by atoms with Crippen molar-refractivity contribution in [3.8, 4) is 18.1 Å². The van der Waals surface area contributed by atoms with Crippen LogP contribution in [-0.4, -0.2) is 48.3 Å². The molecule has 0 saturated carbocycles. The van der Waals surface area contributed by atoms with E-state index in [2.05, 4.69) is 21.9 Å². The number of ether oxygens (including phenoxy) is 1. The van der Waals surface area contributed by atoms with Crippen LogP contribution in [0, 0.1) is 18.2 Å². The van der Waals surface area contributed by atoms with E-state index in [1.807, 2.05) is 0 Å². The van der Waals surface area contributed by atoms with E-state index in [0.717, 1.165) is 12.1 Å². The molecule has 2 bridgehead atoms. The van der Waals surface area contributed by atoms with Crippen LogP contribution in [0.4, 0.5) is 17.6 Å². The Labute approximate surface area is 230 Å². The van der Waals surface area contributed by atoms with Crippen LogP contribution in [0.5, 0.6) is 5.75 Å². The zero-order valence-electron chi connectivity index (χ0n) is 21.9. The van der Waals surface area contributed by atoms with Crippen molar-refractivity contribution in [2.24, 2.45) is 0 Å². The molecule has 2 aromatic rings. The highest BCUT2D eigenvalue weighted by atomic mass is 19.4. The van der Waals surface area contributed by atoms with Gasteiger partial charge in [-0.15, -0.1) is 12.3 Å². The summed E-state index contributed by atoms with van der Waals surface area (Å²) in [6.07, 6.45) is 1.71. The van der Waals surface area contributed by atoms with E-state index in [-0.39, 0.29) is 38.3 Å². The van der Waals surface area contributed by atoms with E-state index < -0.39 is 41.7 Å². The van der Waals surface area contributed by atoms with E-state index in [1.54, 1.807) is 6.07 Å². The molecule has 3 rings (SSSR count). The van der Waals surface area contributed by atoms with Crippen molar-refractivity contribution in [3.63, 3.8) is 0 Å². The predicted molar refractivity (Wildman–Crippen MR) is 141 cm³/mol. The van der Waals surface area contributed by atoms with Crippen LogP contribution >= 0.6 is 0 Å². The third kappa shape index (κ3) is 9.84. The zero-order valence-corrected chi connectivity index (χ0v) is 21.9. The maximum absolute atomic E-state index is 14.4. The summed E-state index contributed by atoms with van der Waals surface area (Å²) in [4.78, 5) is 25.5. The normalized spacial score (nSPS) is 20.0. The van der Waals surface area contributed by atoms with E-state index in [9.17, 15) is 32.3 Å². The lowest BCUT2D eigenvalue weighted by atomic mass is 9.99. The van der Waals surface area contributed by atoms with Crippen LogP contribution in [0.2, 0.25) is 0 Å². The largest absolute Gasteiger partial charge is 0.493 e. The number of carbonyl (C=O) groups is 2. The van der Waals surface area contributed by atoms with Gasteiger partial charge in [-0.2, -0.15) is 13.2 Å². The molecule has 4 N–H and O–H groups in total. The number of nitrogens with one attached hydrogen (secondary N) is 3. The molecule has 216 valence electrons. The molecule has 3 atom stereocenters. The predicted octanol–water partition coefficient (Wildman–Crippen LogP) is 3.48. The number of terminal acetylenes is 1. The van der Waals surface area contributed by atoms with Crippen LogP contribution in [0.3, 0.4) is 0 Å². The highest BCUT2D eigenvalue weighted by Gasteiger charge is 2.30. The number of halogens is 4. The fraction of sp³-hybridized carbons (Fsp3) is 0.448. The summed E-state index contributed by atoms with van der Waals surface area (Å²) in [5, 5.41) is 19.2. The van der Waals surface area contributed by atoms with Crippen molar-refractivity contribution in [2.45, 2.75) is 69.4 Å². The molecule has 0 aromatic heterocycles. The topological polar surface area (TPSA) is 99.7 Å². The van der Waals surface area contributed by atoms with Gasteiger partial charge in [-0.1, -0.05) is 18.2 Å². The van der Waals surface area contributed by atoms with E-state index >= 15 is 0 Å². The van der Waals surface area contributed by atoms with Gasteiger partial charge in [0, 0.05) is 32.0 Å². The van der Waals surface area contributed by atoms with Gasteiger partial charge in [0.1, 0.15) is 17.6 Å². The highest BCUT2D eigenvalue weighted by Crippen LogP contribution is 2.29. The average molecular weight is 564 g/mol. The first-order chi connectivity index (χ1) is 19.0. The van der Waals surface area contributed by atoms with Crippen molar-refractivity contribution in [1.82, 2.24) is 16.0 Å². The molecular formula is C29H33F4N3O4. The molecule has 1 aliphatic heterocycles. The minimum Gasteiger partial charge on any atom is -0.493 e. The molecule has 0 spiro atoms. The number of hydrogen-bond acceptors (Lipinski definition) is 5. The van der Waals surface area contributed by atoms with Gasteiger partial charge in [0.05, 0.1) is 24.3 Å². The fourth-order valence-electron chi connectivity index (χ4n) is 4.35. The van der Waals surface area contributed by atoms with Crippen molar-refractivity contribution in [3.05, 3.63) is 65.0 Å². The van der Waals surface area contributed by atoms with E-state index in [4.69, 9.17) is 11.2 Å². The van der Waals surface area contributed by atoms with Gasteiger partial charge < -0.3 is 25.8 Å². The van der Waals surface area contributed by atoms with Crippen molar-refractivity contribution < 1.29 is 37.0 Å². The monoisotopic (exact) mass is 563 g/mol. The van der Waals surface area contributed by atoms with Crippen LogP contribution < -0.4 is 20.7 Å². The van der Waals surface area contributed by atoms with Gasteiger partial charge in [-0.05, 0) is 55.0 Å². The smallest absolute Gasteiger partial charge is 0.416 e. The molecule has 2 aromatic carbocycles. The van der Waals surface area contributed by atoms with Crippen molar-refractivity contribution in [2.75, 3.05) is 13.2 Å². The zero-order chi connectivity index (χ0) is 29.1. The number of carbonyl (C=O) groups excluding carboxylic acids is 2. The lowest BCUT2D eigenvalue weighted by molar-refractivity contribution is -0.137.